The molecule has 25 heavy (non-hydrogen) atoms. The highest BCUT2D eigenvalue weighted by atomic mass is 35.5. The largest absolute Gasteiger partial charge is 0.493 e. The van der Waals surface area contributed by atoms with Crippen LogP contribution in [-0.2, 0) is 11.2 Å². The minimum Gasteiger partial charge on any atom is -0.493 e. The highest BCUT2D eigenvalue weighted by Gasteiger charge is 2.15. The number of carbonyl (C=O) groups is 1. The van der Waals surface area contributed by atoms with Gasteiger partial charge in [0.05, 0.1) is 26.7 Å². The molecule has 2 aromatic carbocycles. The highest BCUT2D eigenvalue weighted by Crippen LogP contribution is 2.29. The maximum atomic E-state index is 13.7. The van der Waals surface area contributed by atoms with Crippen LogP contribution in [0.5, 0.6) is 11.5 Å². The fourth-order valence-corrected chi connectivity index (χ4v) is 2.54. The molecule has 134 valence electrons. The Bertz CT molecular complexity index is 734. The number of aliphatic hydroxyl groups is 1. The molecule has 5 nitrogen and oxygen atoms in total. The molecule has 0 aliphatic carbocycles. The van der Waals surface area contributed by atoms with E-state index in [1.807, 2.05) is 0 Å². The summed E-state index contributed by atoms with van der Waals surface area (Å²) in [5, 5.41) is 13.0. The predicted octanol–water partition coefficient (Wildman–Crippen LogP) is 2.89. The Morgan fingerprint density at radius 2 is 1.96 bits per heavy atom. The van der Waals surface area contributed by atoms with E-state index < -0.39 is 17.8 Å². The smallest absolute Gasteiger partial charge is 0.224 e. The number of nitrogens with one attached hydrogen (secondary N) is 1. The fraction of sp³-hybridized carbons (Fsp3) is 0.278. The number of methoxy groups -OCH3 is 2. The molecule has 0 aromatic heterocycles. The third-order valence-electron chi connectivity index (χ3n) is 3.68. The molecule has 0 heterocycles. The molecule has 0 saturated carbocycles. The van der Waals surface area contributed by atoms with E-state index in [4.69, 9.17) is 21.1 Å². The molecule has 2 aromatic rings. The van der Waals surface area contributed by atoms with Crippen LogP contribution in [-0.4, -0.2) is 31.8 Å². The predicted molar refractivity (Wildman–Crippen MR) is 92.6 cm³/mol. The average molecular weight is 368 g/mol. The molecule has 1 atom stereocenters. The summed E-state index contributed by atoms with van der Waals surface area (Å²) in [6.45, 7) is -0.0274. The Morgan fingerprint density at radius 1 is 1.24 bits per heavy atom. The first-order valence-corrected chi connectivity index (χ1v) is 7.93. The van der Waals surface area contributed by atoms with Crippen molar-refractivity contribution in [3.63, 3.8) is 0 Å². The zero-order chi connectivity index (χ0) is 18.4. The molecule has 0 aliphatic rings. The standard InChI is InChI=1S/C18H19ClFNO4/c1-24-16-7-6-11(8-17(16)25-2)15(22)10-21-18(23)9-12-13(19)4-3-5-14(12)20/h3-8,15,22H,9-10H2,1-2H3,(H,21,23)/t15-/m1/s1. The van der Waals surface area contributed by atoms with Gasteiger partial charge < -0.3 is 19.9 Å². The van der Waals surface area contributed by atoms with Crippen LogP contribution in [0.4, 0.5) is 4.39 Å². The van der Waals surface area contributed by atoms with Crippen molar-refractivity contribution in [3.8, 4) is 11.5 Å². The van der Waals surface area contributed by atoms with E-state index >= 15 is 0 Å². The molecule has 2 rings (SSSR count). The maximum absolute atomic E-state index is 13.7. The summed E-state index contributed by atoms with van der Waals surface area (Å²) in [4.78, 5) is 12.0. The van der Waals surface area contributed by atoms with Gasteiger partial charge in [0.25, 0.3) is 0 Å². The molecule has 0 fully saturated rings. The zero-order valence-corrected chi connectivity index (χ0v) is 14.6. The van der Waals surface area contributed by atoms with E-state index in [1.54, 1.807) is 18.2 Å². The number of amides is 1. The molecule has 0 radical (unpaired) electrons. The van der Waals surface area contributed by atoms with Crippen molar-refractivity contribution in [2.24, 2.45) is 0 Å². The first-order valence-electron chi connectivity index (χ1n) is 7.55. The third kappa shape index (κ3) is 4.84. The van der Waals surface area contributed by atoms with Gasteiger partial charge >= 0.3 is 0 Å². The highest BCUT2D eigenvalue weighted by molar-refractivity contribution is 6.31. The van der Waals surface area contributed by atoms with Gasteiger partial charge in [-0.2, -0.15) is 0 Å². The summed E-state index contributed by atoms with van der Waals surface area (Å²) in [6.07, 6.45) is -1.15. The number of ether oxygens (including phenoxy) is 2. The molecule has 2 N–H and O–H groups in total. The Kier molecular flexibility index (Phi) is 6.61. The summed E-state index contributed by atoms with van der Waals surface area (Å²) in [5.74, 6) is 0.0369. The molecule has 0 spiro atoms. The van der Waals surface area contributed by atoms with Crippen LogP contribution in [0.25, 0.3) is 0 Å². The van der Waals surface area contributed by atoms with Crippen molar-refractivity contribution in [2.45, 2.75) is 12.5 Å². The summed E-state index contributed by atoms with van der Waals surface area (Å²) in [7, 11) is 3.01. The van der Waals surface area contributed by atoms with Crippen molar-refractivity contribution in [2.75, 3.05) is 20.8 Å². The Balaban J connectivity index is 1.97. The van der Waals surface area contributed by atoms with Gasteiger partial charge in [-0.25, -0.2) is 4.39 Å². The molecule has 0 bridgehead atoms. The van der Waals surface area contributed by atoms with Crippen LogP contribution in [0.3, 0.4) is 0 Å². The number of benzene rings is 2. The van der Waals surface area contributed by atoms with Crippen molar-refractivity contribution >= 4 is 17.5 Å². The SMILES string of the molecule is COc1ccc([C@H](O)CNC(=O)Cc2c(F)cccc2Cl)cc1OC. The first-order chi connectivity index (χ1) is 12.0. The lowest BCUT2D eigenvalue weighted by atomic mass is 10.1. The lowest BCUT2D eigenvalue weighted by molar-refractivity contribution is -0.120. The molecule has 1 amide bonds. The topological polar surface area (TPSA) is 67.8 Å². The van der Waals surface area contributed by atoms with E-state index in [9.17, 15) is 14.3 Å². The van der Waals surface area contributed by atoms with E-state index in [0.29, 0.717) is 17.1 Å². The van der Waals surface area contributed by atoms with Crippen molar-refractivity contribution in [3.05, 3.63) is 58.4 Å². The van der Waals surface area contributed by atoms with Gasteiger partial charge in [-0.05, 0) is 29.8 Å². The van der Waals surface area contributed by atoms with E-state index in [2.05, 4.69) is 5.32 Å². The van der Waals surface area contributed by atoms with Crippen LogP contribution >= 0.6 is 11.6 Å². The Labute approximate surface area is 150 Å². The quantitative estimate of drug-likeness (QED) is 0.789. The Hall–Kier alpha value is -2.31. The van der Waals surface area contributed by atoms with Gasteiger partial charge in [-0.1, -0.05) is 23.7 Å². The van der Waals surface area contributed by atoms with Crippen LogP contribution < -0.4 is 14.8 Å². The van der Waals surface area contributed by atoms with Gasteiger partial charge in [-0.15, -0.1) is 0 Å². The van der Waals surface area contributed by atoms with Gasteiger partial charge in [0, 0.05) is 17.1 Å². The third-order valence-corrected chi connectivity index (χ3v) is 4.04. The molecular weight excluding hydrogens is 349 g/mol. The van der Waals surface area contributed by atoms with Crippen LogP contribution in [0.15, 0.2) is 36.4 Å². The monoisotopic (exact) mass is 367 g/mol. The molecule has 0 aliphatic heterocycles. The molecular formula is C18H19ClFNO4. The molecule has 0 unspecified atom stereocenters. The summed E-state index contributed by atoms with van der Waals surface area (Å²) >= 11 is 5.90. The number of rotatable bonds is 7. The second-order valence-corrected chi connectivity index (χ2v) is 5.72. The second-order valence-electron chi connectivity index (χ2n) is 5.31. The first kappa shape index (κ1) is 19.0. The van der Waals surface area contributed by atoms with E-state index in [-0.39, 0.29) is 23.6 Å². The summed E-state index contributed by atoms with van der Waals surface area (Å²) in [6, 6.07) is 9.20. The van der Waals surface area contributed by atoms with Crippen molar-refractivity contribution in [1.82, 2.24) is 5.32 Å². The summed E-state index contributed by atoms with van der Waals surface area (Å²) < 4.78 is 24.0. The van der Waals surface area contributed by atoms with Gasteiger partial charge in [-0.3, -0.25) is 4.79 Å². The zero-order valence-electron chi connectivity index (χ0n) is 13.9. The van der Waals surface area contributed by atoms with Gasteiger partial charge in [0.1, 0.15) is 5.82 Å². The summed E-state index contributed by atoms with van der Waals surface area (Å²) in [5.41, 5.74) is 0.684. The average Bonchev–Trinajstić information content (AvgIpc) is 2.62. The number of hydrogen-bond donors (Lipinski definition) is 2. The minimum atomic E-state index is -0.945. The molecule has 0 saturated heterocycles. The van der Waals surface area contributed by atoms with Crippen LogP contribution in [0.2, 0.25) is 5.02 Å². The van der Waals surface area contributed by atoms with Gasteiger partial charge in [0.2, 0.25) is 5.91 Å². The minimum absolute atomic E-state index is 0.0274. The number of hydrogen-bond acceptors (Lipinski definition) is 4. The number of carbonyl (C=O) groups excluding carboxylic acids is 1. The van der Waals surface area contributed by atoms with Crippen molar-refractivity contribution < 1.29 is 23.8 Å². The normalized spacial score (nSPS) is 11.7. The van der Waals surface area contributed by atoms with Crippen LogP contribution in [0.1, 0.15) is 17.2 Å². The number of halogens is 2. The van der Waals surface area contributed by atoms with Gasteiger partial charge in [0.15, 0.2) is 11.5 Å². The maximum Gasteiger partial charge on any atom is 0.224 e. The Morgan fingerprint density at radius 3 is 2.60 bits per heavy atom. The van der Waals surface area contributed by atoms with Crippen molar-refractivity contribution in [1.29, 1.82) is 0 Å². The fourth-order valence-electron chi connectivity index (χ4n) is 2.31. The van der Waals surface area contributed by atoms with E-state index in [0.717, 1.165) is 0 Å². The second kappa shape index (κ2) is 8.69. The lowest BCUT2D eigenvalue weighted by Crippen LogP contribution is -2.30. The number of aliphatic hydroxyl groups excluding tert-OH is 1. The van der Waals surface area contributed by atoms with E-state index in [1.165, 1.54) is 32.4 Å². The molecule has 7 heteroatoms. The lowest BCUT2D eigenvalue weighted by Gasteiger charge is -2.15. The van der Waals surface area contributed by atoms with Crippen LogP contribution in [0, 0.1) is 5.82 Å².